The molecule has 1 unspecified atom stereocenters. The highest BCUT2D eigenvalue weighted by Crippen LogP contribution is 2.11. The number of hydrogen-bond acceptors (Lipinski definition) is 4. The van der Waals surface area contributed by atoms with Gasteiger partial charge in [0.15, 0.2) is 0 Å². The van der Waals surface area contributed by atoms with Gasteiger partial charge in [-0.2, -0.15) is 0 Å². The van der Waals surface area contributed by atoms with E-state index in [0.717, 1.165) is 0 Å². The van der Waals surface area contributed by atoms with E-state index in [-0.39, 0.29) is 6.04 Å². The van der Waals surface area contributed by atoms with Crippen molar-refractivity contribution in [2.24, 2.45) is 5.73 Å². The maximum absolute atomic E-state index is 11.6. The molecule has 0 aliphatic carbocycles. The maximum Gasteiger partial charge on any atom is 0.419 e. The van der Waals surface area contributed by atoms with Gasteiger partial charge in [0, 0.05) is 12.2 Å². The van der Waals surface area contributed by atoms with Gasteiger partial charge in [0.05, 0.1) is 5.69 Å². The van der Waals surface area contributed by atoms with Crippen LogP contribution in [0.5, 0.6) is 0 Å². The van der Waals surface area contributed by atoms with Crippen LogP contribution in [-0.4, -0.2) is 21.2 Å². The number of aromatic nitrogens is 2. The molecule has 1 atom stereocenters. The third kappa shape index (κ3) is 3.36. The Morgan fingerprint density at radius 3 is 2.60 bits per heavy atom. The summed E-state index contributed by atoms with van der Waals surface area (Å²) in [5.74, 6) is 0. The van der Waals surface area contributed by atoms with Gasteiger partial charge in [-0.05, 0) is 27.7 Å². The molecule has 0 bridgehead atoms. The molecule has 1 rings (SSSR count). The Bertz CT molecular complexity index is 350. The van der Waals surface area contributed by atoms with E-state index in [0.29, 0.717) is 5.69 Å². The van der Waals surface area contributed by atoms with Gasteiger partial charge in [-0.1, -0.05) is 0 Å². The summed E-state index contributed by atoms with van der Waals surface area (Å²) in [5, 5.41) is 0. The highest BCUT2D eigenvalue weighted by Gasteiger charge is 2.18. The van der Waals surface area contributed by atoms with E-state index in [1.165, 1.54) is 10.9 Å². The molecule has 0 saturated heterocycles. The van der Waals surface area contributed by atoms with Crippen LogP contribution in [0.4, 0.5) is 4.79 Å². The summed E-state index contributed by atoms with van der Waals surface area (Å²) in [6.45, 7) is 7.25. The highest BCUT2D eigenvalue weighted by molar-refractivity contribution is 5.70. The predicted molar refractivity (Wildman–Crippen MR) is 56.5 cm³/mol. The second-order valence-corrected chi connectivity index (χ2v) is 4.47. The van der Waals surface area contributed by atoms with Crippen molar-refractivity contribution in [2.45, 2.75) is 39.3 Å². The zero-order chi connectivity index (χ0) is 11.6. The molecule has 0 amide bonds. The van der Waals surface area contributed by atoms with Gasteiger partial charge < -0.3 is 10.5 Å². The van der Waals surface area contributed by atoms with E-state index in [4.69, 9.17) is 10.5 Å². The van der Waals surface area contributed by atoms with E-state index in [9.17, 15) is 4.79 Å². The number of hydrogen-bond donors (Lipinski definition) is 1. The Morgan fingerprint density at radius 1 is 1.60 bits per heavy atom. The lowest BCUT2D eigenvalue weighted by Gasteiger charge is -2.19. The largest absolute Gasteiger partial charge is 0.443 e. The molecule has 0 aromatic carbocycles. The van der Waals surface area contributed by atoms with Gasteiger partial charge in [0.1, 0.15) is 11.9 Å². The van der Waals surface area contributed by atoms with E-state index in [2.05, 4.69) is 4.98 Å². The summed E-state index contributed by atoms with van der Waals surface area (Å²) < 4.78 is 6.46. The predicted octanol–water partition coefficient (Wildman–Crippen LogP) is 1.69. The molecule has 1 aromatic rings. The van der Waals surface area contributed by atoms with Crippen molar-refractivity contribution in [1.82, 2.24) is 9.55 Å². The first-order valence-electron chi connectivity index (χ1n) is 4.82. The van der Waals surface area contributed by atoms with Crippen molar-refractivity contribution < 1.29 is 9.53 Å². The number of imidazole rings is 1. The molecule has 5 nitrogen and oxygen atoms in total. The molecular formula is C10H17N3O2. The topological polar surface area (TPSA) is 70.1 Å². The monoisotopic (exact) mass is 211 g/mol. The second kappa shape index (κ2) is 4.02. The van der Waals surface area contributed by atoms with Crippen LogP contribution in [-0.2, 0) is 4.74 Å². The zero-order valence-corrected chi connectivity index (χ0v) is 9.52. The van der Waals surface area contributed by atoms with Crippen LogP contribution < -0.4 is 5.73 Å². The SMILES string of the molecule is CC(N)c1cn(C(=O)OC(C)(C)C)cn1. The van der Waals surface area contributed by atoms with Gasteiger partial charge in [0.2, 0.25) is 0 Å². The van der Waals surface area contributed by atoms with Crippen molar-refractivity contribution in [2.75, 3.05) is 0 Å². The number of ether oxygens (including phenoxy) is 1. The average molecular weight is 211 g/mol. The molecule has 2 N–H and O–H groups in total. The van der Waals surface area contributed by atoms with Gasteiger partial charge in [-0.25, -0.2) is 14.3 Å². The van der Waals surface area contributed by atoms with Crippen LogP contribution in [0.15, 0.2) is 12.5 Å². The molecule has 0 fully saturated rings. The number of carbonyl (C=O) groups is 1. The summed E-state index contributed by atoms with van der Waals surface area (Å²) in [4.78, 5) is 15.6. The summed E-state index contributed by atoms with van der Waals surface area (Å²) in [6.07, 6.45) is 2.55. The quantitative estimate of drug-likeness (QED) is 0.767. The standard InChI is InChI=1S/C10H17N3O2/c1-7(11)8-5-13(6-12-8)9(14)15-10(2,3)4/h5-7H,11H2,1-4H3. The number of nitrogens with two attached hydrogens (primary N) is 1. The first-order chi connectivity index (χ1) is 6.79. The minimum atomic E-state index is -0.504. The molecule has 0 radical (unpaired) electrons. The molecular weight excluding hydrogens is 194 g/mol. The van der Waals surface area contributed by atoms with E-state index < -0.39 is 11.7 Å². The van der Waals surface area contributed by atoms with Crippen LogP contribution in [0.1, 0.15) is 39.4 Å². The molecule has 15 heavy (non-hydrogen) atoms. The van der Waals surface area contributed by atoms with Crippen LogP contribution in [0, 0.1) is 0 Å². The summed E-state index contributed by atoms with van der Waals surface area (Å²) >= 11 is 0. The van der Waals surface area contributed by atoms with Gasteiger partial charge in [-0.3, -0.25) is 0 Å². The van der Waals surface area contributed by atoms with Crippen molar-refractivity contribution in [3.63, 3.8) is 0 Å². The first kappa shape index (κ1) is 11.7. The Labute approximate surface area is 89.2 Å². The maximum atomic E-state index is 11.6. The Balaban J connectivity index is 2.75. The first-order valence-corrected chi connectivity index (χ1v) is 4.82. The highest BCUT2D eigenvalue weighted by atomic mass is 16.6. The molecule has 84 valence electrons. The fourth-order valence-corrected chi connectivity index (χ4v) is 0.988. The van der Waals surface area contributed by atoms with Crippen LogP contribution in [0.2, 0.25) is 0 Å². The average Bonchev–Trinajstić information content (AvgIpc) is 2.47. The van der Waals surface area contributed by atoms with E-state index in [1.807, 2.05) is 27.7 Å². The van der Waals surface area contributed by atoms with Crippen LogP contribution in [0.25, 0.3) is 0 Å². The Hall–Kier alpha value is -1.36. The zero-order valence-electron chi connectivity index (χ0n) is 9.52. The molecule has 0 saturated carbocycles. The van der Waals surface area contributed by atoms with Crippen molar-refractivity contribution in [3.8, 4) is 0 Å². The van der Waals surface area contributed by atoms with Crippen molar-refractivity contribution in [1.29, 1.82) is 0 Å². The normalized spacial score (nSPS) is 13.7. The van der Waals surface area contributed by atoms with Crippen LogP contribution in [0.3, 0.4) is 0 Å². The number of nitrogens with zero attached hydrogens (tertiary/aromatic N) is 2. The third-order valence-electron chi connectivity index (χ3n) is 1.67. The van der Waals surface area contributed by atoms with E-state index in [1.54, 1.807) is 6.20 Å². The Morgan fingerprint density at radius 2 is 2.20 bits per heavy atom. The summed E-state index contributed by atoms with van der Waals surface area (Å²) in [6, 6.07) is -0.186. The molecule has 1 aromatic heterocycles. The second-order valence-electron chi connectivity index (χ2n) is 4.47. The lowest BCUT2D eigenvalue weighted by Crippen LogP contribution is -2.26. The van der Waals surface area contributed by atoms with Gasteiger partial charge in [0.25, 0.3) is 0 Å². The summed E-state index contributed by atoms with van der Waals surface area (Å²) in [7, 11) is 0. The number of carbonyl (C=O) groups excluding carboxylic acids is 1. The van der Waals surface area contributed by atoms with Crippen molar-refractivity contribution in [3.05, 3.63) is 18.2 Å². The number of rotatable bonds is 1. The fraction of sp³-hybridized carbons (Fsp3) is 0.600. The Kier molecular flexibility index (Phi) is 3.14. The minimum Gasteiger partial charge on any atom is -0.443 e. The van der Waals surface area contributed by atoms with Gasteiger partial charge >= 0.3 is 6.09 Å². The molecule has 0 spiro atoms. The molecule has 1 heterocycles. The molecule has 0 aliphatic heterocycles. The lowest BCUT2D eigenvalue weighted by atomic mass is 10.2. The third-order valence-corrected chi connectivity index (χ3v) is 1.67. The molecule has 0 aliphatic rings. The fourth-order valence-electron chi connectivity index (χ4n) is 0.988. The molecule has 5 heteroatoms. The van der Waals surface area contributed by atoms with E-state index >= 15 is 0 Å². The van der Waals surface area contributed by atoms with Gasteiger partial charge in [-0.15, -0.1) is 0 Å². The summed E-state index contributed by atoms with van der Waals surface area (Å²) in [5.41, 5.74) is 5.79. The smallest absolute Gasteiger partial charge is 0.419 e. The van der Waals surface area contributed by atoms with Crippen LogP contribution >= 0.6 is 0 Å². The lowest BCUT2D eigenvalue weighted by molar-refractivity contribution is 0.0536. The minimum absolute atomic E-state index is 0.186. The van der Waals surface area contributed by atoms with Crippen molar-refractivity contribution >= 4 is 6.09 Å².